The van der Waals surface area contributed by atoms with Gasteiger partial charge in [0.05, 0.1) is 0 Å². The molecule has 0 radical (unpaired) electrons. The fraction of sp³-hybridized carbons (Fsp3) is 0.333. The van der Waals surface area contributed by atoms with E-state index in [2.05, 4.69) is 20.8 Å². The number of rotatable bonds is 8. The number of anilines is 2. The Morgan fingerprint density at radius 3 is 2.64 bits per heavy atom. The summed E-state index contributed by atoms with van der Waals surface area (Å²) in [6.07, 6.45) is 2.32. The number of unbranched alkanes of at least 4 members (excludes halogenated alkanes) is 1. The van der Waals surface area contributed by atoms with E-state index in [0.717, 1.165) is 35.9 Å². The normalized spacial score (nSPS) is 11.8. The first-order valence-electron chi connectivity index (χ1n) is 7.54. The molecule has 0 spiro atoms. The van der Waals surface area contributed by atoms with Crippen LogP contribution in [0.1, 0.15) is 26.2 Å². The molecular weight excluding hydrogens is 384 g/mol. The second-order valence-corrected chi connectivity index (χ2v) is 7.91. The predicted octanol–water partition coefficient (Wildman–Crippen LogP) is 4.57. The zero-order chi connectivity index (χ0) is 18.2. The molecule has 1 aromatic carbocycles. The highest BCUT2D eigenvalue weighted by Gasteiger charge is 2.21. The zero-order valence-electron chi connectivity index (χ0n) is 13.4. The fourth-order valence-corrected chi connectivity index (χ4v) is 3.94. The van der Waals surface area contributed by atoms with Crippen LogP contribution >= 0.6 is 34.7 Å². The topological polar surface area (TPSA) is 104 Å². The van der Waals surface area contributed by atoms with Crippen molar-refractivity contribution in [1.82, 2.24) is 10.2 Å². The Kier molecular flexibility index (Phi) is 7.48. The van der Waals surface area contributed by atoms with Crippen molar-refractivity contribution in [3.8, 4) is 0 Å². The third-order valence-electron chi connectivity index (χ3n) is 3.07. The molecule has 2 rings (SSSR count). The number of aliphatic carboxylic acids is 1. The maximum Gasteiger partial charge on any atom is 0.325 e. The summed E-state index contributed by atoms with van der Waals surface area (Å²) in [6.45, 7) is 2.01. The summed E-state index contributed by atoms with van der Waals surface area (Å²) in [6, 6.07) is 6.22. The molecule has 134 valence electrons. The lowest BCUT2D eigenvalue weighted by atomic mass is 10.2. The first kappa shape index (κ1) is 19.5. The van der Waals surface area contributed by atoms with Crippen LogP contribution in [0.4, 0.5) is 15.6 Å². The molecule has 2 aromatic rings. The quantitative estimate of drug-likeness (QED) is 0.442. The van der Waals surface area contributed by atoms with E-state index in [0.29, 0.717) is 26.6 Å². The summed E-state index contributed by atoms with van der Waals surface area (Å²) < 4.78 is 0.505. The van der Waals surface area contributed by atoms with E-state index in [-0.39, 0.29) is 0 Å². The second-order valence-electron chi connectivity index (χ2n) is 5.05. The van der Waals surface area contributed by atoms with Crippen molar-refractivity contribution in [3.05, 3.63) is 29.3 Å². The Morgan fingerprint density at radius 1 is 1.28 bits per heavy atom. The average Bonchev–Trinajstić information content (AvgIpc) is 3.00. The van der Waals surface area contributed by atoms with Crippen LogP contribution in [0.25, 0.3) is 0 Å². The average molecular weight is 401 g/mol. The number of carbonyl (C=O) groups is 2. The standard InChI is InChI=1S/C15H17ClN4O3S2/c1-2-3-4-11(12(21)22)24-15-20-19-14(25-15)18-13(23)17-10-7-5-9(16)6-8-10/h5-8,11H,2-4H2,1H3,(H,21,22)(H2,17,18,19,23). The Balaban J connectivity index is 1.90. The van der Waals surface area contributed by atoms with E-state index < -0.39 is 17.3 Å². The van der Waals surface area contributed by atoms with Crippen LogP contribution < -0.4 is 10.6 Å². The number of carbonyl (C=O) groups excluding carboxylic acids is 1. The van der Waals surface area contributed by atoms with Crippen LogP contribution in [0.5, 0.6) is 0 Å². The van der Waals surface area contributed by atoms with E-state index in [1.54, 1.807) is 24.3 Å². The summed E-state index contributed by atoms with van der Waals surface area (Å²) in [5.74, 6) is -0.872. The van der Waals surface area contributed by atoms with Crippen LogP contribution in [0, 0.1) is 0 Å². The summed E-state index contributed by atoms with van der Waals surface area (Å²) in [5, 5.41) is 22.6. The number of thioether (sulfide) groups is 1. The first-order valence-corrected chi connectivity index (χ1v) is 9.62. The molecule has 25 heavy (non-hydrogen) atoms. The number of amides is 2. The molecule has 0 bridgehead atoms. The molecule has 7 nitrogen and oxygen atoms in total. The minimum Gasteiger partial charge on any atom is -0.480 e. The van der Waals surface area contributed by atoms with Crippen LogP contribution in [0.15, 0.2) is 28.6 Å². The van der Waals surface area contributed by atoms with Gasteiger partial charge < -0.3 is 10.4 Å². The van der Waals surface area contributed by atoms with Gasteiger partial charge in [-0.2, -0.15) is 0 Å². The zero-order valence-corrected chi connectivity index (χ0v) is 15.7. The lowest BCUT2D eigenvalue weighted by Gasteiger charge is -2.08. The lowest BCUT2D eigenvalue weighted by molar-refractivity contribution is -0.136. The van der Waals surface area contributed by atoms with Gasteiger partial charge in [0.15, 0.2) is 4.34 Å². The molecule has 1 atom stereocenters. The van der Waals surface area contributed by atoms with Crippen molar-refractivity contribution in [2.24, 2.45) is 0 Å². The molecule has 3 N–H and O–H groups in total. The molecular formula is C15H17ClN4O3S2. The number of nitrogens with one attached hydrogen (secondary N) is 2. The minimum atomic E-state index is -0.872. The predicted molar refractivity (Wildman–Crippen MR) is 101 cm³/mol. The number of halogens is 1. The van der Waals surface area contributed by atoms with Gasteiger partial charge in [0.1, 0.15) is 5.25 Å². The van der Waals surface area contributed by atoms with Gasteiger partial charge in [-0.15, -0.1) is 10.2 Å². The number of aromatic nitrogens is 2. The molecule has 1 aromatic heterocycles. The smallest absolute Gasteiger partial charge is 0.325 e. The van der Waals surface area contributed by atoms with Crippen molar-refractivity contribution >= 4 is 57.5 Å². The highest BCUT2D eigenvalue weighted by atomic mass is 35.5. The van der Waals surface area contributed by atoms with Gasteiger partial charge in [-0.05, 0) is 30.7 Å². The van der Waals surface area contributed by atoms with Crippen molar-refractivity contribution in [1.29, 1.82) is 0 Å². The van der Waals surface area contributed by atoms with E-state index in [1.807, 2.05) is 6.92 Å². The van der Waals surface area contributed by atoms with Crippen LogP contribution in [0.3, 0.4) is 0 Å². The van der Waals surface area contributed by atoms with Crippen molar-refractivity contribution in [3.63, 3.8) is 0 Å². The Hall–Kier alpha value is -1.84. The fourth-order valence-electron chi connectivity index (χ4n) is 1.84. The Morgan fingerprint density at radius 2 is 2.00 bits per heavy atom. The molecule has 0 aliphatic heterocycles. The molecule has 1 heterocycles. The number of urea groups is 1. The maximum absolute atomic E-state index is 11.9. The van der Waals surface area contributed by atoms with Gasteiger partial charge in [0, 0.05) is 10.7 Å². The minimum absolute atomic E-state index is 0.300. The van der Waals surface area contributed by atoms with Gasteiger partial charge in [0.2, 0.25) is 5.13 Å². The molecule has 10 heteroatoms. The van der Waals surface area contributed by atoms with Crippen molar-refractivity contribution < 1.29 is 14.7 Å². The Bertz CT molecular complexity index is 724. The summed E-state index contributed by atoms with van der Waals surface area (Å²) in [4.78, 5) is 23.2. The van der Waals surface area contributed by atoms with Crippen LogP contribution in [-0.4, -0.2) is 32.6 Å². The molecule has 0 saturated carbocycles. The van der Waals surface area contributed by atoms with E-state index in [4.69, 9.17) is 11.6 Å². The number of carboxylic acid groups (broad SMARTS) is 1. The molecule has 1 unspecified atom stereocenters. The highest BCUT2D eigenvalue weighted by molar-refractivity contribution is 8.02. The molecule has 0 aliphatic rings. The maximum atomic E-state index is 11.9. The third-order valence-corrected chi connectivity index (χ3v) is 5.50. The second kappa shape index (κ2) is 9.59. The van der Waals surface area contributed by atoms with Crippen molar-refractivity contribution in [2.75, 3.05) is 10.6 Å². The van der Waals surface area contributed by atoms with Gasteiger partial charge in [-0.1, -0.05) is 54.5 Å². The highest BCUT2D eigenvalue weighted by Crippen LogP contribution is 2.31. The van der Waals surface area contributed by atoms with Crippen LogP contribution in [0.2, 0.25) is 5.02 Å². The number of hydrogen-bond donors (Lipinski definition) is 3. The van der Waals surface area contributed by atoms with Gasteiger partial charge in [0.25, 0.3) is 0 Å². The van der Waals surface area contributed by atoms with E-state index >= 15 is 0 Å². The van der Waals surface area contributed by atoms with Crippen LogP contribution in [-0.2, 0) is 4.79 Å². The SMILES string of the molecule is CCCCC(Sc1nnc(NC(=O)Nc2ccc(Cl)cc2)s1)C(=O)O. The number of carboxylic acids is 1. The summed E-state index contributed by atoms with van der Waals surface area (Å²) in [5.41, 5.74) is 0.589. The lowest BCUT2D eigenvalue weighted by Crippen LogP contribution is -2.19. The molecule has 2 amide bonds. The number of hydrogen-bond acceptors (Lipinski definition) is 6. The molecule has 0 fully saturated rings. The number of nitrogens with zero attached hydrogens (tertiary/aromatic N) is 2. The first-order chi connectivity index (χ1) is 12.0. The van der Waals surface area contributed by atoms with Gasteiger partial charge in [-0.25, -0.2) is 4.79 Å². The summed E-state index contributed by atoms with van der Waals surface area (Å²) in [7, 11) is 0. The monoisotopic (exact) mass is 400 g/mol. The third kappa shape index (κ3) is 6.52. The molecule has 0 aliphatic carbocycles. The molecule has 0 saturated heterocycles. The van der Waals surface area contributed by atoms with Crippen molar-refractivity contribution in [2.45, 2.75) is 35.8 Å². The Labute approximate surface area is 158 Å². The van der Waals surface area contributed by atoms with Gasteiger partial charge in [-0.3, -0.25) is 10.1 Å². The largest absolute Gasteiger partial charge is 0.480 e. The summed E-state index contributed by atoms with van der Waals surface area (Å²) >= 11 is 8.07. The van der Waals surface area contributed by atoms with E-state index in [9.17, 15) is 14.7 Å². The van der Waals surface area contributed by atoms with Gasteiger partial charge >= 0.3 is 12.0 Å². The van der Waals surface area contributed by atoms with E-state index in [1.165, 1.54) is 0 Å². The number of benzene rings is 1.